The highest BCUT2D eigenvalue weighted by molar-refractivity contribution is 5.97. The lowest BCUT2D eigenvalue weighted by molar-refractivity contribution is -0.184. The third-order valence-electron chi connectivity index (χ3n) is 10.8. The van der Waals surface area contributed by atoms with Gasteiger partial charge in [0.05, 0.1) is 11.0 Å². The van der Waals surface area contributed by atoms with Crippen LogP contribution >= 0.6 is 0 Å². The van der Waals surface area contributed by atoms with Crippen LogP contribution in [-0.4, -0.2) is 39.3 Å². The van der Waals surface area contributed by atoms with E-state index in [1.807, 2.05) is 26.8 Å². The zero-order valence-electron chi connectivity index (χ0n) is 20.6. The fourth-order valence-electron chi connectivity index (χ4n) is 8.47. The first-order valence-electron chi connectivity index (χ1n) is 12.6. The van der Waals surface area contributed by atoms with Gasteiger partial charge in [-0.3, -0.25) is 4.79 Å². The van der Waals surface area contributed by atoms with Crippen LogP contribution in [0.1, 0.15) is 73.1 Å². The number of fused-ring (bicyclic) bond motifs is 5. The Morgan fingerprint density at radius 2 is 1.85 bits per heavy atom. The zero-order valence-corrected chi connectivity index (χ0v) is 20.6. The second-order valence-corrected chi connectivity index (χ2v) is 12.2. The molecule has 0 bridgehead atoms. The predicted octanol–water partition coefficient (Wildman–Crippen LogP) is 4.28. The van der Waals surface area contributed by atoms with Crippen LogP contribution < -0.4 is 0 Å². The molecule has 2 saturated carbocycles. The maximum absolute atomic E-state index is 13.1. The van der Waals surface area contributed by atoms with Gasteiger partial charge in [-0.1, -0.05) is 30.7 Å². The summed E-state index contributed by atoms with van der Waals surface area (Å²) in [7, 11) is 0. The summed E-state index contributed by atoms with van der Waals surface area (Å²) < 4.78 is 5.75. The molecule has 180 valence electrons. The number of hydrogen-bond acceptors (Lipinski definition) is 5. The van der Waals surface area contributed by atoms with Gasteiger partial charge in [-0.2, -0.15) is 0 Å². The number of ether oxygens (including phenoxy) is 1. The highest BCUT2D eigenvalue weighted by atomic mass is 16.6. The molecule has 5 rings (SSSR count). The van der Waals surface area contributed by atoms with Crippen LogP contribution in [0.25, 0.3) is 0 Å². The topological polar surface area (TPSA) is 83.8 Å². The van der Waals surface area contributed by atoms with Crippen molar-refractivity contribution in [3.05, 3.63) is 35.5 Å². The van der Waals surface area contributed by atoms with E-state index in [4.69, 9.17) is 4.74 Å². The summed E-state index contributed by atoms with van der Waals surface area (Å²) in [6, 6.07) is 0. The van der Waals surface area contributed by atoms with E-state index < -0.39 is 22.7 Å². The Hall–Kier alpha value is -1.72. The number of hydrogen-bond donors (Lipinski definition) is 2. The number of ketones is 1. The minimum absolute atomic E-state index is 0.00363. The van der Waals surface area contributed by atoms with E-state index in [0.29, 0.717) is 24.3 Å². The number of aliphatic hydroxyl groups is 2. The lowest BCUT2D eigenvalue weighted by Gasteiger charge is -2.60. The number of esters is 1. The highest BCUT2D eigenvalue weighted by Crippen LogP contribution is 2.67. The Morgan fingerprint density at radius 3 is 2.55 bits per heavy atom. The first-order chi connectivity index (χ1) is 15.4. The fourth-order valence-corrected chi connectivity index (χ4v) is 8.47. The van der Waals surface area contributed by atoms with E-state index in [-0.39, 0.29) is 34.9 Å². The Morgan fingerprint density at radius 1 is 1.12 bits per heavy atom. The smallest absolute Gasteiger partial charge is 0.334 e. The van der Waals surface area contributed by atoms with Crippen LogP contribution in [-0.2, 0) is 14.3 Å². The Balaban J connectivity index is 1.46. The molecule has 2 fully saturated rings. The molecule has 4 aliphatic carbocycles. The second kappa shape index (κ2) is 7.14. The first-order valence-corrected chi connectivity index (χ1v) is 12.6. The lowest BCUT2D eigenvalue weighted by atomic mass is 9.45. The van der Waals surface area contributed by atoms with E-state index >= 15 is 0 Å². The van der Waals surface area contributed by atoms with Crippen LogP contribution in [0.3, 0.4) is 0 Å². The number of carbonyl (C=O) groups excluding carboxylic acids is 2. The van der Waals surface area contributed by atoms with Crippen molar-refractivity contribution in [1.29, 1.82) is 0 Å². The van der Waals surface area contributed by atoms with Crippen molar-refractivity contribution in [3.8, 4) is 0 Å². The van der Waals surface area contributed by atoms with Crippen molar-refractivity contribution in [2.45, 2.75) is 90.4 Å². The van der Waals surface area contributed by atoms with Crippen molar-refractivity contribution >= 4 is 11.8 Å². The summed E-state index contributed by atoms with van der Waals surface area (Å²) in [6.07, 6.45) is 11.6. The molecule has 0 radical (unpaired) electrons. The molecule has 5 nitrogen and oxygen atoms in total. The van der Waals surface area contributed by atoms with Crippen molar-refractivity contribution in [1.82, 2.24) is 0 Å². The third kappa shape index (κ3) is 2.91. The van der Waals surface area contributed by atoms with Crippen molar-refractivity contribution < 1.29 is 24.5 Å². The fraction of sp³-hybridized carbons (Fsp3) is 0.714. The van der Waals surface area contributed by atoms with Gasteiger partial charge in [-0.05, 0) is 95.0 Å². The summed E-state index contributed by atoms with van der Waals surface area (Å²) in [4.78, 5) is 25.5. The van der Waals surface area contributed by atoms with Gasteiger partial charge in [0.2, 0.25) is 0 Å². The standard InChI is InChI=1S/C28H38O5/c1-16-15-23(33-24(30)17(16)2)27(5,31)21-9-8-19-18-10-14-28(32)12-6-7-22(29)26(28,4)20(18)11-13-25(19,21)3/h6-7,10,14,18-21,23,31-32H,8-9,11-13,15H2,1-5H3/t18-,19-,20-,21-,23+,25-,26-,27+,28-/m0/s1. The van der Waals surface area contributed by atoms with Gasteiger partial charge in [0.25, 0.3) is 0 Å². The van der Waals surface area contributed by atoms with E-state index in [1.54, 1.807) is 19.1 Å². The minimum atomic E-state index is -1.12. The quantitative estimate of drug-likeness (QED) is 0.481. The summed E-state index contributed by atoms with van der Waals surface area (Å²) in [5.74, 6) is 0.326. The molecule has 33 heavy (non-hydrogen) atoms. The van der Waals surface area contributed by atoms with Gasteiger partial charge in [0.1, 0.15) is 11.7 Å². The van der Waals surface area contributed by atoms with Gasteiger partial charge in [-0.15, -0.1) is 0 Å². The molecule has 1 aliphatic heterocycles. The van der Waals surface area contributed by atoms with Crippen LogP contribution in [0.15, 0.2) is 35.5 Å². The first kappa shape index (κ1) is 23.0. The van der Waals surface area contributed by atoms with Crippen molar-refractivity contribution in [2.24, 2.45) is 34.5 Å². The maximum atomic E-state index is 13.1. The normalized spacial score (nSPS) is 48.6. The largest absolute Gasteiger partial charge is 0.456 e. The minimum Gasteiger partial charge on any atom is -0.456 e. The van der Waals surface area contributed by atoms with Crippen LogP contribution in [0.4, 0.5) is 0 Å². The molecule has 0 saturated heterocycles. The van der Waals surface area contributed by atoms with E-state index in [9.17, 15) is 19.8 Å². The second-order valence-electron chi connectivity index (χ2n) is 12.2. The van der Waals surface area contributed by atoms with Crippen LogP contribution in [0.5, 0.6) is 0 Å². The SMILES string of the molecule is CC1=C(C)C(=O)O[C@@H]([C@](C)(O)[C@H]2CC[C@H]3[C@@H]4C=C[C@@]5(O)CC=CC(=O)[C@]5(C)[C@H]4CC[C@]23C)C1. The Bertz CT molecular complexity index is 988. The Labute approximate surface area is 197 Å². The van der Waals surface area contributed by atoms with Crippen molar-refractivity contribution in [3.63, 3.8) is 0 Å². The molecule has 5 heteroatoms. The molecule has 2 N–H and O–H groups in total. The molecule has 0 amide bonds. The summed E-state index contributed by atoms with van der Waals surface area (Å²) >= 11 is 0. The average Bonchev–Trinajstić information content (AvgIpc) is 3.11. The molecule has 0 unspecified atom stereocenters. The van der Waals surface area contributed by atoms with Crippen LogP contribution in [0.2, 0.25) is 0 Å². The summed E-state index contributed by atoms with van der Waals surface area (Å²) in [5.41, 5.74) is -1.52. The van der Waals surface area contributed by atoms with Crippen LogP contribution in [0, 0.1) is 34.5 Å². The summed E-state index contributed by atoms with van der Waals surface area (Å²) in [5, 5.41) is 23.3. The lowest BCUT2D eigenvalue weighted by Crippen LogP contribution is -2.62. The highest BCUT2D eigenvalue weighted by Gasteiger charge is 2.66. The van der Waals surface area contributed by atoms with Gasteiger partial charge in [-0.25, -0.2) is 4.79 Å². The molecule has 0 aromatic carbocycles. The molecule has 0 spiro atoms. The zero-order chi connectivity index (χ0) is 24.0. The molecule has 9 atom stereocenters. The van der Waals surface area contributed by atoms with E-state index in [1.165, 1.54) is 0 Å². The van der Waals surface area contributed by atoms with Gasteiger partial charge < -0.3 is 14.9 Å². The molecule has 5 aliphatic rings. The number of cyclic esters (lactones) is 1. The number of allylic oxidation sites excluding steroid dienone is 2. The molecule has 0 aromatic rings. The van der Waals surface area contributed by atoms with E-state index in [2.05, 4.69) is 13.0 Å². The number of rotatable bonds is 2. The number of carbonyl (C=O) groups is 2. The van der Waals surface area contributed by atoms with Gasteiger partial charge in [0, 0.05) is 12.0 Å². The molecular formula is C28H38O5. The van der Waals surface area contributed by atoms with Gasteiger partial charge in [0.15, 0.2) is 5.78 Å². The maximum Gasteiger partial charge on any atom is 0.334 e. The van der Waals surface area contributed by atoms with Gasteiger partial charge >= 0.3 is 5.97 Å². The molecule has 0 aromatic heterocycles. The van der Waals surface area contributed by atoms with E-state index in [0.717, 1.165) is 31.3 Å². The van der Waals surface area contributed by atoms with Crippen molar-refractivity contribution in [2.75, 3.05) is 0 Å². The molecule has 1 heterocycles. The monoisotopic (exact) mass is 454 g/mol. The predicted molar refractivity (Wildman–Crippen MR) is 125 cm³/mol. The summed E-state index contributed by atoms with van der Waals surface area (Å²) in [6.45, 7) is 9.85. The third-order valence-corrected chi connectivity index (χ3v) is 10.8. The molecular weight excluding hydrogens is 416 g/mol. The Kier molecular flexibility index (Phi) is 4.99. The average molecular weight is 455 g/mol.